The van der Waals surface area contributed by atoms with Gasteiger partial charge >= 0.3 is 7.69 Å². The maximum absolute atomic E-state index is 8.68. The fourth-order valence-electron chi connectivity index (χ4n) is 2.27. The zero-order valence-electron chi connectivity index (χ0n) is 10.3. The van der Waals surface area contributed by atoms with E-state index in [4.69, 9.17) is 9.68 Å². The Balaban J connectivity index is 2.16. The van der Waals surface area contributed by atoms with Crippen LogP contribution in [0.25, 0.3) is 21.9 Å². The number of hydrogen-bond acceptors (Lipinski definition) is 2. The highest BCUT2D eigenvalue weighted by Gasteiger charge is 2.04. The molecule has 3 aromatic rings. The smallest absolute Gasteiger partial charge is 0.537 e. The lowest BCUT2D eigenvalue weighted by Crippen LogP contribution is -1.99. The van der Waals surface area contributed by atoms with E-state index in [2.05, 4.69) is 18.2 Å². The maximum atomic E-state index is 8.68. The highest BCUT2D eigenvalue weighted by molar-refractivity contribution is 6.17. The van der Waals surface area contributed by atoms with Gasteiger partial charge in [0.1, 0.15) is 5.75 Å². The molecule has 0 heterocycles. The van der Waals surface area contributed by atoms with Crippen LogP contribution in [0.15, 0.2) is 66.7 Å². The molecule has 3 aromatic carbocycles. The second-order valence-corrected chi connectivity index (χ2v) is 4.28. The minimum atomic E-state index is 0.625. The number of benzene rings is 3. The summed E-state index contributed by atoms with van der Waals surface area (Å²) in [5.74, 6) is 0.625. The minimum absolute atomic E-state index is 0.625. The zero-order valence-corrected chi connectivity index (χ0v) is 10.3. The van der Waals surface area contributed by atoms with E-state index in [0.29, 0.717) is 13.4 Å². The van der Waals surface area contributed by atoms with Gasteiger partial charge in [0.25, 0.3) is 0 Å². The fraction of sp³-hybridized carbons (Fsp3) is 0. The van der Waals surface area contributed by atoms with Crippen molar-refractivity contribution < 1.29 is 9.68 Å². The number of hydrogen-bond donors (Lipinski definition) is 1. The van der Waals surface area contributed by atoms with Crippen molar-refractivity contribution in [1.29, 1.82) is 0 Å². The van der Waals surface area contributed by atoms with Gasteiger partial charge in [-0.15, -0.1) is 0 Å². The molecule has 0 unspecified atom stereocenters. The molecule has 0 amide bonds. The van der Waals surface area contributed by atoms with Gasteiger partial charge in [0, 0.05) is 0 Å². The molecule has 0 bridgehead atoms. The summed E-state index contributed by atoms with van der Waals surface area (Å²) in [5, 5.41) is 10.9. The van der Waals surface area contributed by atoms with Crippen LogP contribution in [-0.4, -0.2) is 12.7 Å². The van der Waals surface area contributed by atoms with E-state index in [1.165, 1.54) is 16.5 Å². The summed E-state index contributed by atoms with van der Waals surface area (Å²) < 4.78 is 4.99. The molecule has 3 rings (SSSR count). The molecule has 0 fully saturated rings. The summed E-state index contributed by atoms with van der Waals surface area (Å²) in [7, 11) is 0.697. The lowest BCUT2D eigenvalue weighted by Gasteiger charge is -2.08. The van der Waals surface area contributed by atoms with Crippen LogP contribution in [0.2, 0.25) is 0 Å². The van der Waals surface area contributed by atoms with Crippen molar-refractivity contribution in [2.75, 3.05) is 0 Å². The summed E-state index contributed by atoms with van der Waals surface area (Å²) in [6, 6.07) is 22.2. The van der Waals surface area contributed by atoms with Gasteiger partial charge < -0.3 is 9.68 Å². The highest BCUT2D eigenvalue weighted by Crippen LogP contribution is 2.30. The van der Waals surface area contributed by atoms with Crippen LogP contribution < -0.4 is 4.65 Å². The number of rotatable bonds is 3. The van der Waals surface area contributed by atoms with E-state index in [1.54, 1.807) is 0 Å². The number of fused-ring (bicyclic) bond motifs is 1. The molecule has 3 heteroatoms. The molecule has 0 atom stereocenters. The topological polar surface area (TPSA) is 29.5 Å². The molecule has 0 aromatic heterocycles. The van der Waals surface area contributed by atoms with E-state index in [-0.39, 0.29) is 0 Å². The van der Waals surface area contributed by atoms with Crippen molar-refractivity contribution in [3.63, 3.8) is 0 Å². The Hall–Kier alpha value is -2.26. The molecule has 0 aliphatic carbocycles. The molecular weight excluding hydrogens is 235 g/mol. The zero-order chi connectivity index (χ0) is 13.1. The molecule has 0 saturated heterocycles. The Morgan fingerprint density at radius 1 is 0.842 bits per heavy atom. The average molecular weight is 247 g/mol. The summed E-state index contributed by atoms with van der Waals surface area (Å²) in [4.78, 5) is 0. The van der Waals surface area contributed by atoms with Crippen molar-refractivity contribution in [3.05, 3.63) is 66.7 Å². The van der Waals surface area contributed by atoms with Gasteiger partial charge in [-0.3, -0.25) is 0 Å². The van der Waals surface area contributed by atoms with Crippen LogP contribution in [0, 0.1) is 0 Å². The van der Waals surface area contributed by atoms with Crippen LogP contribution in [-0.2, 0) is 0 Å². The molecule has 2 nitrogen and oxygen atoms in total. The van der Waals surface area contributed by atoms with Gasteiger partial charge in [-0.05, 0) is 34.0 Å². The Bertz CT molecular complexity index is 695. The largest absolute Gasteiger partial charge is 0.569 e. The predicted octanol–water partition coefficient (Wildman–Crippen LogP) is 3.41. The monoisotopic (exact) mass is 247 g/mol. The van der Waals surface area contributed by atoms with Gasteiger partial charge in [-0.1, -0.05) is 54.6 Å². The summed E-state index contributed by atoms with van der Waals surface area (Å²) in [6.07, 6.45) is 0. The molecule has 91 valence electrons. The third kappa shape index (κ3) is 2.33. The van der Waals surface area contributed by atoms with Crippen LogP contribution in [0.3, 0.4) is 0 Å². The molecule has 0 aliphatic rings. The lowest BCUT2D eigenvalue weighted by molar-refractivity contribution is 0.454. The molecule has 19 heavy (non-hydrogen) atoms. The molecule has 1 radical (unpaired) electrons. The average Bonchev–Trinajstić information content (AvgIpc) is 2.48. The van der Waals surface area contributed by atoms with E-state index in [9.17, 15) is 0 Å². The second kappa shape index (κ2) is 5.16. The van der Waals surface area contributed by atoms with Crippen molar-refractivity contribution >= 4 is 18.5 Å². The normalized spacial score (nSPS) is 10.4. The van der Waals surface area contributed by atoms with Crippen LogP contribution in [0.5, 0.6) is 5.75 Å². The molecule has 1 N–H and O–H groups in total. The van der Waals surface area contributed by atoms with Gasteiger partial charge in [-0.2, -0.15) is 0 Å². The molecule has 0 spiro atoms. The van der Waals surface area contributed by atoms with E-state index in [0.717, 1.165) is 5.39 Å². The first-order valence-corrected chi connectivity index (χ1v) is 6.09. The second-order valence-electron chi connectivity index (χ2n) is 4.28. The standard InChI is InChI=1S/C16H12BO2/c18-17-19-14-9-10-16-13(11-14)7-4-8-15(16)12-5-2-1-3-6-12/h1-11,18H. The first-order chi connectivity index (χ1) is 9.38. The first kappa shape index (κ1) is 11.8. The highest BCUT2D eigenvalue weighted by atomic mass is 16.5. The Kier molecular flexibility index (Phi) is 3.21. The quantitative estimate of drug-likeness (QED) is 0.718. The maximum Gasteiger partial charge on any atom is 0.569 e. The summed E-state index contributed by atoms with van der Waals surface area (Å²) in [5.41, 5.74) is 2.38. The SMILES string of the molecule is O[B]Oc1ccc2c(-c3ccccc3)cccc2c1. The Labute approximate surface area is 112 Å². The fourth-order valence-corrected chi connectivity index (χ4v) is 2.27. The summed E-state index contributed by atoms with van der Waals surface area (Å²) in [6.45, 7) is 0. The lowest BCUT2D eigenvalue weighted by atomic mass is 9.98. The first-order valence-electron chi connectivity index (χ1n) is 6.09. The molecule has 0 saturated carbocycles. The van der Waals surface area contributed by atoms with Crippen molar-refractivity contribution in [1.82, 2.24) is 0 Å². The van der Waals surface area contributed by atoms with Gasteiger partial charge in [-0.25, -0.2) is 0 Å². The third-order valence-corrected chi connectivity index (χ3v) is 3.13. The van der Waals surface area contributed by atoms with Gasteiger partial charge in [0.15, 0.2) is 0 Å². The van der Waals surface area contributed by atoms with E-state index in [1.807, 2.05) is 48.5 Å². The van der Waals surface area contributed by atoms with E-state index >= 15 is 0 Å². The van der Waals surface area contributed by atoms with E-state index < -0.39 is 0 Å². The minimum Gasteiger partial charge on any atom is -0.537 e. The molecule has 0 aliphatic heterocycles. The summed E-state index contributed by atoms with van der Waals surface area (Å²) >= 11 is 0. The van der Waals surface area contributed by atoms with Crippen LogP contribution in [0.4, 0.5) is 0 Å². The van der Waals surface area contributed by atoms with Crippen LogP contribution >= 0.6 is 0 Å². The van der Waals surface area contributed by atoms with Crippen molar-refractivity contribution in [2.24, 2.45) is 0 Å². The molecular formula is C16H12BO2. The Morgan fingerprint density at radius 3 is 2.47 bits per heavy atom. The van der Waals surface area contributed by atoms with Crippen molar-refractivity contribution in [3.8, 4) is 16.9 Å². The third-order valence-electron chi connectivity index (χ3n) is 3.13. The van der Waals surface area contributed by atoms with Crippen LogP contribution in [0.1, 0.15) is 0 Å². The predicted molar refractivity (Wildman–Crippen MR) is 78.0 cm³/mol. The van der Waals surface area contributed by atoms with Crippen molar-refractivity contribution in [2.45, 2.75) is 0 Å². The van der Waals surface area contributed by atoms with Gasteiger partial charge in [0.05, 0.1) is 0 Å². The Morgan fingerprint density at radius 2 is 1.68 bits per heavy atom. The van der Waals surface area contributed by atoms with Gasteiger partial charge in [0.2, 0.25) is 0 Å².